The Morgan fingerprint density at radius 1 is 0.947 bits per heavy atom. The highest BCUT2D eigenvalue weighted by Gasteiger charge is 2.32. The number of ether oxygens (including phenoxy) is 1. The van der Waals surface area contributed by atoms with E-state index in [1.807, 2.05) is 0 Å². The molecule has 0 saturated heterocycles. The van der Waals surface area contributed by atoms with Gasteiger partial charge in [-0.25, -0.2) is 9.59 Å². The van der Waals surface area contributed by atoms with E-state index in [2.05, 4.69) is 4.74 Å². The third kappa shape index (κ3) is 5.46. The number of carboxylic acid groups (broad SMARTS) is 1. The molecule has 0 amide bonds. The second-order valence-corrected chi connectivity index (χ2v) is 3.67. The molecule has 0 aromatic carbocycles. The van der Waals surface area contributed by atoms with Gasteiger partial charge in [0.1, 0.15) is 24.9 Å². The molecule has 7 N–H and O–H groups in total. The van der Waals surface area contributed by atoms with Crippen LogP contribution in [0.4, 0.5) is 0 Å². The van der Waals surface area contributed by atoms with Crippen LogP contribution in [-0.4, -0.2) is 91.4 Å². The first-order chi connectivity index (χ1) is 8.72. The van der Waals surface area contributed by atoms with E-state index in [-0.39, 0.29) is 0 Å². The minimum atomic E-state index is -2.39. The van der Waals surface area contributed by atoms with Crippen molar-refractivity contribution in [3.63, 3.8) is 0 Å². The quantitative estimate of drug-likeness (QED) is 0.214. The minimum absolute atomic E-state index is 0.841. The van der Waals surface area contributed by atoms with Gasteiger partial charge in [-0.05, 0) is 0 Å². The van der Waals surface area contributed by atoms with Crippen molar-refractivity contribution in [3.05, 3.63) is 0 Å². The van der Waals surface area contributed by atoms with Gasteiger partial charge in [-0.15, -0.1) is 0 Å². The van der Waals surface area contributed by atoms with Crippen molar-refractivity contribution in [2.75, 3.05) is 13.2 Å². The molecule has 0 spiro atoms. The van der Waals surface area contributed by atoms with E-state index < -0.39 is 55.7 Å². The van der Waals surface area contributed by atoms with Gasteiger partial charge in [0.25, 0.3) is 0 Å². The first kappa shape index (κ1) is 17.7. The van der Waals surface area contributed by atoms with Crippen LogP contribution >= 0.6 is 0 Å². The summed E-state index contributed by atoms with van der Waals surface area (Å²) in [4.78, 5) is 21.3. The van der Waals surface area contributed by atoms with E-state index in [0.29, 0.717) is 0 Å². The monoisotopic (exact) mass is 284 g/mol. The molecular formula is C9H16O10. The average molecular weight is 284 g/mol. The van der Waals surface area contributed by atoms with Crippen LogP contribution in [0.25, 0.3) is 0 Å². The van der Waals surface area contributed by atoms with Crippen molar-refractivity contribution < 1.29 is 50.1 Å². The Bertz CT molecular complexity index is 305. The van der Waals surface area contributed by atoms with E-state index >= 15 is 0 Å². The molecule has 0 aliphatic carbocycles. The summed E-state index contributed by atoms with van der Waals surface area (Å²) in [5.41, 5.74) is 0. The molecular weight excluding hydrogens is 268 g/mol. The van der Waals surface area contributed by atoms with Crippen molar-refractivity contribution in [2.45, 2.75) is 30.5 Å². The summed E-state index contributed by atoms with van der Waals surface area (Å²) in [5.74, 6) is -3.37. The van der Waals surface area contributed by atoms with Crippen LogP contribution in [0.5, 0.6) is 0 Å². The molecule has 0 heterocycles. The predicted octanol–water partition coefficient (Wildman–Crippen LogP) is -4.59. The standard InChI is InChI=1S/C9H16O10/c10-1-3(11)5(13)4(12)2-19-9(18)7(15)6(14)8(16)17/h3-7,10-15H,1-2H2,(H,16,17)/t3-,4+,5+,6?,7?/m1/s1. The van der Waals surface area contributed by atoms with Crippen LogP contribution in [0.15, 0.2) is 0 Å². The van der Waals surface area contributed by atoms with Gasteiger partial charge in [0.15, 0.2) is 12.2 Å². The number of hydrogen-bond acceptors (Lipinski definition) is 9. The Morgan fingerprint density at radius 2 is 1.47 bits per heavy atom. The molecule has 0 aliphatic heterocycles. The van der Waals surface area contributed by atoms with Gasteiger partial charge >= 0.3 is 11.9 Å². The summed E-state index contributed by atoms with van der Waals surface area (Å²) in [6.07, 6.45) is -9.98. The normalized spacial score (nSPS) is 19.1. The third-order valence-corrected chi connectivity index (χ3v) is 2.17. The molecule has 0 fully saturated rings. The number of aliphatic hydroxyl groups is 6. The molecule has 5 atom stereocenters. The lowest BCUT2D eigenvalue weighted by Gasteiger charge is -2.22. The van der Waals surface area contributed by atoms with Crippen LogP contribution < -0.4 is 0 Å². The molecule has 0 aromatic rings. The Kier molecular flexibility index (Phi) is 7.44. The summed E-state index contributed by atoms with van der Waals surface area (Å²) >= 11 is 0. The number of rotatable bonds is 8. The molecule has 2 unspecified atom stereocenters. The second kappa shape index (κ2) is 7.99. The number of esters is 1. The average Bonchev–Trinajstić information content (AvgIpc) is 2.40. The first-order valence-electron chi connectivity index (χ1n) is 5.13. The van der Waals surface area contributed by atoms with Gasteiger partial charge in [0.2, 0.25) is 0 Å². The lowest BCUT2D eigenvalue weighted by molar-refractivity contribution is -0.174. The van der Waals surface area contributed by atoms with Gasteiger partial charge in [0, 0.05) is 0 Å². The summed E-state index contributed by atoms with van der Waals surface area (Å²) in [5, 5.41) is 62.0. The molecule has 19 heavy (non-hydrogen) atoms. The molecule has 0 rings (SSSR count). The van der Waals surface area contributed by atoms with Gasteiger partial charge in [-0.2, -0.15) is 0 Å². The fourth-order valence-corrected chi connectivity index (χ4v) is 0.980. The van der Waals surface area contributed by atoms with Crippen molar-refractivity contribution in [2.24, 2.45) is 0 Å². The Morgan fingerprint density at radius 3 is 1.89 bits per heavy atom. The summed E-state index contributed by atoms with van der Waals surface area (Å²) < 4.78 is 4.24. The maximum absolute atomic E-state index is 11.1. The highest BCUT2D eigenvalue weighted by Crippen LogP contribution is 2.03. The Labute approximate surface area is 107 Å². The predicted molar refractivity (Wildman–Crippen MR) is 55.7 cm³/mol. The van der Waals surface area contributed by atoms with Gasteiger partial charge in [0.05, 0.1) is 6.61 Å². The van der Waals surface area contributed by atoms with E-state index in [1.165, 1.54) is 0 Å². The Balaban J connectivity index is 4.26. The molecule has 0 radical (unpaired) electrons. The van der Waals surface area contributed by atoms with Crippen molar-refractivity contribution >= 4 is 11.9 Å². The lowest BCUT2D eigenvalue weighted by atomic mass is 10.1. The van der Waals surface area contributed by atoms with Crippen molar-refractivity contribution in [1.82, 2.24) is 0 Å². The zero-order valence-electron chi connectivity index (χ0n) is 9.66. The second-order valence-electron chi connectivity index (χ2n) is 3.67. The maximum Gasteiger partial charge on any atom is 0.338 e. The molecule has 0 saturated carbocycles. The van der Waals surface area contributed by atoms with Crippen molar-refractivity contribution in [1.29, 1.82) is 0 Å². The van der Waals surface area contributed by atoms with Gasteiger partial charge < -0.3 is 40.5 Å². The number of aliphatic hydroxyl groups excluding tert-OH is 6. The largest absolute Gasteiger partial charge is 0.479 e. The van der Waals surface area contributed by atoms with Gasteiger partial charge in [-0.3, -0.25) is 0 Å². The van der Waals surface area contributed by atoms with Crippen LogP contribution in [0.3, 0.4) is 0 Å². The fraction of sp³-hybridized carbons (Fsp3) is 0.778. The fourth-order valence-electron chi connectivity index (χ4n) is 0.980. The first-order valence-corrected chi connectivity index (χ1v) is 5.13. The topological polar surface area (TPSA) is 185 Å². The number of aliphatic carboxylic acids is 1. The minimum Gasteiger partial charge on any atom is -0.479 e. The smallest absolute Gasteiger partial charge is 0.338 e. The van der Waals surface area contributed by atoms with Crippen LogP contribution in [0, 0.1) is 0 Å². The zero-order valence-corrected chi connectivity index (χ0v) is 9.66. The molecule has 112 valence electrons. The molecule has 10 nitrogen and oxygen atoms in total. The summed E-state index contributed by atoms with van der Waals surface area (Å²) in [6.45, 7) is -1.72. The van der Waals surface area contributed by atoms with Crippen LogP contribution in [0.2, 0.25) is 0 Å². The molecule has 0 bridgehead atoms. The van der Waals surface area contributed by atoms with Crippen LogP contribution in [0.1, 0.15) is 0 Å². The number of carbonyl (C=O) groups excluding carboxylic acids is 1. The number of hydrogen-bond donors (Lipinski definition) is 7. The number of carbonyl (C=O) groups is 2. The highest BCUT2D eigenvalue weighted by atomic mass is 16.6. The lowest BCUT2D eigenvalue weighted by Crippen LogP contribution is -2.45. The van der Waals surface area contributed by atoms with E-state index in [0.717, 1.165) is 0 Å². The number of carboxylic acids is 1. The van der Waals surface area contributed by atoms with Gasteiger partial charge in [-0.1, -0.05) is 0 Å². The SMILES string of the molecule is O=C(O)C(O)C(O)C(=O)OC[C@H](O)[C@@H](O)[C@H](O)CO. The van der Waals surface area contributed by atoms with E-state index in [9.17, 15) is 19.8 Å². The highest BCUT2D eigenvalue weighted by molar-refractivity contribution is 5.84. The maximum atomic E-state index is 11.1. The molecule has 0 aliphatic rings. The Hall–Kier alpha value is -1.30. The van der Waals surface area contributed by atoms with Crippen molar-refractivity contribution in [3.8, 4) is 0 Å². The summed E-state index contributed by atoms with van der Waals surface area (Å²) in [7, 11) is 0. The third-order valence-electron chi connectivity index (χ3n) is 2.17. The van der Waals surface area contributed by atoms with E-state index in [1.54, 1.807) is 0 Å². The summed E-state index contributed by atoms with van der Waals surface area (Å²) in [6, 6.07) is 0. The zero-order chi connectivity index (χ0) is 15.2. The molecule has 0 aromatic heterocycles. The van der Waals surface area contributed by atoms with E-state index in [4.69, 9.17) is 25.5 Å². The van der Waals surface area contributed by atoms with Crippen LogP contribution in [-0.2, 0) is 14.3 Å². The molecule has 10 heteroatoms.